The number of aromatic nitrogens is 1. The summed E-state index contributed by atoms with van der Waals surface area (Å²) in [6.45, 7) is 10.9. The first-order valence-corrected chi connectivity index (χ1v) is 10.5. The minimum atomic E-state index is 0.0258. The molecule has 1 aliphatic heterocycles. The van der Waals surface area contributed by atoms with Crippen LogP contribution in [0.5, 0.6) is 0 Å². The molecule has 0 atom stereocenters. The number of amides is 1. The number of likely N-dealkylation sites (tertiary alicyclic amines) is 1. The summed E-state index contributed by atoms with van der Waals surface area (Å²) in [4.78, 5) is 21.6. The van der Waals surface area contributed by atoms with Gasteiger partial charge in [0.25, 0.3) is 0 Å². The Morgan fingerprint density at radius 3 is 2.57 bits per heavy atom. The molecule has 0 radical (unpaired) electrons. The number of nitrogens with zero attached hydrogens (tertiary/aromatic N) is 3. The normalized spacial score (nSPS) is 15.7. The molecule has 1 aromatic carbocycles. The molecule has 1 saturated heterocycles. The maximum Gasteiger partial charge on any atom is 0.225 e. The van der Waals surface area contributed by atoms with Crippen LogP contribution < -0.4 is 0 Å². The Bertz CT molecular complexity index is 751. The number of aryl methyl sites for hydroxylation is 1. The zero-order chi connectivity index (χ0) is 19.9. The van der Waals surface area contributed by atoms with E-state index in [1.807, 2.05) is 31.0 Å². The van der Waals surface area contributed by atoms with Crippen molar-refractivity contribution in [3.63, 3.8) is 0 Å². The Morgan fingerprint density at radius 1 is 1.18 bits per heavy atom. The van der Waals surface area contributed by atoms with Gasteiger partial charge in [0.2, 0.25) is 5.91 Å². The van der Waals surface area contributed by atoms with Gasteiger partial charge in [0.1, 0.15) is 0 Å². The summed E-state index contributed by atoms with van der Waals surface area (Å²) in [6.07, 6.45) is 5.95. The number of rotatable bonds is 7. The molecule has 4 heteroatoms. The fourth-order valence-corrected chi connectivity index (χ4v) is 3.98. The number of benzene rings is 1. The van der Waals surface area contributed by atoms with Crippen LogP contribution in [-0.4, -0.2) is 40.3 Å². The van der Waals surface area contributed by atoms with E-state index >= 15 is 0 Å². The van der Waals surface area contributed by atoms with Gasteiger partial charge in [-0.05, 0) is 61.5 Å². The van der Waals surface area contributed by atoms with Gasteiger partial charge in [-0.2, -0.15) is 0 Å². The van der Waals surface area contributed by atoms with Crippen LogP contribution in [0.4, 0.5) is 0 Å². The third kappa shape index (κ3) is 5.65. The third-order valence-corrected chi connectivity index (χ3v) is 5.74. The van der Waals surface area contributed by atoms with Crippen molar-refractivity contribution in [2.75, 3.05) is 19.6 Å². The Hall–Kier alpha value is -2.20. The van der Waals surface area contributed by atoms with E-state index in [9.17, 15) is 4.79 Å². The van der Waals surface area contributed by atoms with Gasteiger partial charge in [-0.25, -0.2) is 0 Å². The van der Waals surface area contributed by atoms with Crippen LogP contribution in [-0.2, 0) is 17.9 Å². The third-order valence-electron chi connectivity index (χ3n) is 5.74. The second-order valence-corrected chi connectivity index (χ2v) is 8.38. The minimum absolute atomic E-state index is 0.0258. The summed E-state index contributed by atoms with van der Waals surface area (Å²) in [5, 5.41) is 0. The van der Waals surface area contributed by atoms with Crippen molar-refractivity contribution in [2.45, 2.75) is 46.7 Å². The monoisotopic (exact) mass is 379 g/mol. The van der Waals surface area contributed by atoms with Crippen LogP contribution in [0.25, 0.3) is 0 Å². The molecule has 4 nitrogen and oxygen atoms in total. The van der Waals surface area contributed by atoms with E-state index in [1.54, 1.807) is 6.20 Å². The molecule has 0 unspecified atom stereocenters. The number of piperidine rings is 1. The molecule has 0 saturated carbocycles. The average molecular weight is 380 g/mol. The topological polar surface area (TPSA) is 36.4 Å². The Balaban J connectivity index is 1.55. The summed E-state index contributed by atoms with van der Waals surface area (Å²) in [6, 6.07) is 12.7. The van der Waals surface area contributed by atoms with E-state index in [0.717, 1.165) is 44.6 Å². The molecular weight excluding hydrogens is 346 g/mol. The Kier molecular flexibility index (Phi) is 7.21. The lowest BCUT2D eigenvalue weighted by Crippen LogP contribution is -2.41. The summed E-state index contributed by atoms with van der Waals surface area (Å²) >= 11 is 0. The van der Waals surface area contributed by atoms with Crippen molar-refractivity contribution in [2.24, 2.45) is 11.8 Å². The summed E-state index contributed by atoms with van der Waals surface area (Å²) in [5.41, 5.74) is 3.90. The largest absolute Gasteiger partial charge is 0.338 e. The molecule has 1 aromatic heterocycles. The van der Waals surface area contributed by atoms with E-state index < -0.39 is 0 Å². The zero-order valence-corrected chi connectivity index (χ0v) is 17.5. The van der Waals surface area contributed by atoms with Crippen LogP contribution in [0.2, 0.25) is 0 Å². The van der Waals surface area contributed by atoms with Gasteiger partial charge in [0.05, 0.1) is 0 Å². The van der Waals surface area contributed by atoms with Crippen LogP contribution in [0, 0.1) is 18.8 Å². The van der Waals surface area contributed by atoms with Crippen molar-refractivity contribution < 1.29 is 4.79 Å². The second-order valence-electron chi connectivity index (χ2n) is 8.38. The summed E-state index contributed by atoms with van der Waals surface area (Å²) < 4.78 is 0. The van der Waals surface area contributed by atoms with Crippen LogP contribution >= 0.6 is 0 Å². The molecule has 0 aliphatic carbocycles. The van der Waals surface area contributed by atoms with E-state index in [4.69, 9.17) is 0 Å². The highest BCUT2D eigenvalue weighted by Gasteiger charge is 2.25. The van der Waals surface area contributed by atoms with Gasteiger partial charge in [0.15, 0.2) is 0 Å². The smallest absolute Gasteiger partial charge is 0.225 e. The van der Waals surface area contributed by atoms with E-state index in [0.29, 0.717) is 12.5 Å². The SMILES string of the molecule is Cc1ccccc1CN1CCC(CN(Cc2cccnc2)C(=O)C(C)C)CC1. The van der Waals surface area contributed by atoms with E-state index in [2.05, 4.69) is 47.1 Å². The molecule has 1 amide bonds. The standard InChI is InChI=1S/C24H33N3O/c1-19(2)24(28)27(17-22-8-6-12-25-15-22)16-21-10-13-26(14-11-21)18-23-9-5-4-7-20(23)3/h4-9,12,15,19,21H,10-11,13-14,16-18H2,1-3H3. The lowest BCUT2D eigenvalue weighted by Gasteiger charge is -2.35. The van der Waals surface area contributed by atoms with Crippen LogP contribution in [0.1, 0.15) is 43.4 Å². The maximum absolute atomic E-state index is 12.8. The van der Waals surface area contributed by atoms with Crippen molar-refractivity contribution in [3.05, 3.63) is 65.5 Å². The molecule has 0 N–H and O–H groups in total. The molecule has 1 fully saturated rings. The average Bonchev–Trinajstić information content (AvgIpc) is 2.71. The first-order chi connectivity index (χ1) is 13.5. The number of carbonyl (C=O) groups is 1. The van der Waals surface area contributed by atoms with Crippen LogP contribution in [0.3, 0.4) is 0 Å². The molecule has 28 heavy (non-hydrogen) atoms. The predicted molar refractivity (Wildman–Crippen MR) is 114 cm³/mol. The predicted octanol–water partition coefficient (Wildman–Crippen LogP) is 4.29. The minimum Gasteiger partial charge on any atom is -0.338 e. The van der Waals surface area contributed by atoms with Gasteiger partial charge in [-0.1, -0.05) is 44.2 Å². The van der Waals surface area contributed by atoms with Gasteiger partial charge in [-0.3, -0.25) is 14.7 Å². The van der Waals surface area contributed by atoms with Crippen LogP contribution in [0.15, 0.2) is 48.8 Å². The van der Waals surface area contributed by atoms with Crippen molar-refractivity contribution in [1.29, 1.82) is 0 Å². The quantitative estimate of drug-likeness (QED) is 0.720. The van der Waals surface area contributed by atoms with Crippen molar-refractivity contribution in [3.8, 4) is 0 Å². The van der Waals surface area contributed by atoms with Gasteiger partial charge in [0, 0.05) is 37.9 Å². The molecule has 3 rings (SSSR count). The highest BCUT2D eigenvalue weighted by molar-refractivity contribution is 5.78. The molecule has 2 aromatic rings. The zero-order valence-electron chi connectivity index (χ0n) is 17.5. The summed E-state index contributed by atoms with van der Waals surface area (Å²) in [7, 11) is 0. The maximum atomic E-state index is 12.8. The molecule has 0 spiro atoms. The van der Waals surface area contributed by atoms with Crippen molar-refractivity contribution in [1.82, 2.24) is 14.8 Å². The molecule has 2 heterocycles. The van der Waals surface area contributed by atoms with Gasteiger partial charge >= 0.3 is 0 Å². The van der Waals surface area contributed by atoms with Gasteiger partial charge in [-0.15, -0.1) is 0 Å². The molecule has 1 aliphatic rings. The highest BCUT2D eigenvalue weighted by Crippen LogP contribution is 2.22. The Labute approximate surface area is 169 Å². The lowest BCUT2D eigenvalue weighted by atomic mass is 9.95. The number of hydrogen-bond donors (Lipinski definition) is 0. The number of pyridine rings is 1. The first-order valence-electron chi connectivity index (χ1n) is 10.5. The number of hydrogen-bond acceptors (Lipinski definition) is 3. The molecule has 0 bridgehead atoms. The van der Waals surface area contributed by atoms with Gasteiger partial charge < -0.3 is 4.90 Å². The first kappa shape index (κ1) is 20.5. The molecule has 150 valence electrons. The van der Waals surface area contributed by atoms with Crippen molar-refractivity contribution >= 4 is 5.91 Å². The Morgan fingerprint density at radius 2 is 1.93 bits per heavy atom. The highest BCUT2D eigenvalue weighted by atomic mass is 16.2. The van der Waals surface area contributed by atoms with E-state index in [-0.39, 0.29) is 11.8 Å². The fourth-order valence-electron chi connectivity index (χ4n) is 3.98. The second kappa shape index (κ2) is 9.83. The summed E-state index contributed by atoms with van der Waals surface area (Å²) in [5.74, 6) is 0.844. The molecular formula is C24H33N3O. The lowest BCUT2D eigenvalue weighted by molar-refractivity contribution is -0.136. The van der Waals surface area contributed by atoms with E-state index in [1.165, 1.54) is 11.1 Å². The fraction of sp³-hybridized carbons (Fsp3) is 0.500. The number of carbonyl (C=O) groups excluding carboxylic acids is 1.